The molecule has 0 atom stereocenters. The fourth-order valence-corrected chi connectivity index (χ4v) is 1.77. The van der Waals surface area contributed by atoms with Gasteiger partial charge in [-0.2, -0.15) is 17.6 Å². The third-order valence-corrected chi connectivity index (χ3v) is 2.92. The minimum absolute atomic E-state index is 0.240. The topological polar surface area (TPSA) is 26.3 Å². The van der Waals surface area contributed by atoms with Crippen molar-refractivity contribution in [2.24, 2.45) is 0 Å². The summed E-state index contributed by atoms with van der Waals surface area (Å²) in [5.74, 6) is -1.38. The van der Waals surface area contributed by atoms with Crippen molar-refractivity contribution >= 4 is 11.9 Å². The van der Waals surface area contributed by atoms with E-state index < -0.39 is 29.9 Å². The first kappa shape index (κ1) is 17.7. The first-order chi connectivity index (χ1) is 11.3. The van der Waals surface area contributed by atoms with Gasteiger partial charge in [0.15, 0.2) is 5.78 Å². The van der Waals surface area contributed by atoms with E-state index in [9.17, 15) is 26.7 Å². The highest BCUT2D eigenvalue weighted by molar-refractivity contribution is 6.06. The van der Waals surface area contributed by atoms with Crippen molar-refractivity contribution < 1.29 is 31.5 Å². The van der Waals surface area contributed by atoms with E-state index in [1.165, 1.54) is 30.3 Å². The number of allylic oxidation sites excluding steroid dienone is 1. The second-order valence-electron chi connectivity index (χ2n) is 4.74. The molecule has 126 valence electrons. The average molecular weight is 342 g/mol. The van der Waals surface area contributed by atoms with Gasteiger partial charge in [0.25, 0.3) is 0 Å². The summed E-state index contributed by atoms with van der Waals surface area (Å²) in [5.41, 5.74) is 0.539. The normalized spacial score (nSPS) is 11.9. The lowest BCUT2D eigenvalue weighted by atomic mass is 10.1. The quantitative estimate of drug-likeness (QED) is 0.421. The molecule has 2 aromatic rings. The van der Waals surface area contributed by atoms with E-state index in [1.54, 1.807) is 0 Å². The number of ketones is 1. The number of carbonyl (C=O) groups is 1. The van der Waals surface area contributed by atoms with E-state index in [2.05, 4.69) is 4.74 Å². The van der Waals surface area contributed by atoms with Crippen LogP contribution >= 0.6 is 0 Å². The Morgan fingerprint density at radius 1 is 1.08 bits per heavy atom. The van der Waals surface area contributed by atoms with Crippen LogP contribution in [0.2, 0.25) is 0 Å². The standard InChI is InChI=1S/C17H11F5O2/c18-13-7-5-12(6-8-13)15(23)9-4-11-2-1-3-14(10-11)24-17(21,22)16(19)20/h1-10,16H/b9-4+. The Morgan fingerprint density at radius 3 is 2.38 bits per heavy atom. The summed E-state index contributed by atoms with van der Waals surface area (Å²) in [6.07, 6.45) is -6.11. The van der Waals surface area contributed by atoms with Gasteiger partial charge >= 0.3 is 12.5 Å². The smallest absolute Gasteiger partial charge is 0.428 e. The minimum Gasteiger partial charge on any atom is -0.428 e. The van der Waals surface area contributed by atoms with Crippen molar-refractivity contribution in [1.29, 1.82) is 0 Å². The molecule has 0 aromatic heterocycles. The molecule has 0 bridgehead atoms. The molecule has 7 heteroatoms. The Labute approximate surface area is 134 Å². The third kappa shape index (κ3) is 4.65. The molecule has 0 N–H and O–H groups in total. The first-order valence-electron chi connectivity index (χ1n) is 6.71. The fourth-order valence-electron chi connectivity index (χ4n) is 1.77. The Hall–Kier alpha value is -2.70. The van der Waals surface area contributed by atoms with Gasteiger partial charge in [-0.25, -0.2) is 4.39 Å². The maximum atomic E-state index is 12.9. The van der Waals surface area contributed by atoms with Gasteiger partial charge in [-0.3, -0.25) is 4.79 Å². The van der Waals surface area contributed by atoms with Crippen LogP contribution in [0, 0.1) is 5.82 Å². The van der Waals surface area contributed by atoms with Crippen molar-refractivity contribution in [3.05, 3.63) is 71.6 Å². The molecule has 0 aliphatic rings. The summed E-state index contributed by atoms with van der Waals surface area (Å²) in [6, 6.07) is 9.82. The number of rotatable bonds is 6. The van der Waals surface area contributed by atoms with Crippen LogP contribution in [0.15, 0.2) is 54.6 Å². The van der Waals surface area contributed by atoms with Crippen molar-refractivity contribution in [2.75, 3.05) is 0 Å². The number of alkyl halides is 4. The Bertz CT molecular complexity index is 739. The van der Waals surface area contributed by atoms with Crippen molar-refractivity contribution in [3.8, 4) is 5.75 Å². The van der Waals surface area contributed by atoms with E-state index in [4.69, 9.17) is 0 Å². The maximum absolute atomic E-state index is 12.9. The van der Waals surface area contributed by atoms with Gasteiger partial charge in [0.1, 0.15) is 11.6 Å². The van der Waals surface area contributed by atoms with E-state index in [-0.39, 0.29) is 5.56 Å². The number of hydrogen-bond acceptors (Lipinski definition) is 2. The van der Waals surface area contributed by atoms with Gasteiger partial charge in [-0.15, -0.1) is 0 Å². The van der Waals surface area contributed by atoms with Crippen LogP contribution in [0.1, 0.15) is 15.9 Å². The maximum Gasteiger partial charge on any atom is 0.461 e. The molecule has 0 amide bonds. The fraction of sp³-hybridized carbons (Fsp3) is 0.118. The van der Waals surface area contributed by atoms with E-state index >= 15 is 0 Å². The lowest BCUT2D eigenvalue weighted by Gasteiger charge is -2.16. The van der Waals surface area contributed by atoms with Crippen LogP contribution in [0.3, 0.4) is 0 Å². The molecular formula is C17H11F5O2. The average Bonchev–Trinajstić information content (AvgIpc) is 2.53. The summed E-state index contributed by atoms with van der Waals surface area (Å²) in [4.78, 5) is 11.9. The molecule has 0 radical (unpaired) electrons. The second kappa shape index (κ2) is 7.25. The van der Waals surface area contributed by atoms with E-state index in [0.717, 1.165) is 30.3 Å². The van der Waals surface area contributed by atoms with Gasteiger partial charge in [-0.1, -0.05) is 18.2 Å². The van der Waals surface area contributed by atoms with Crippen molar-refractivity contribution in [2.45, 2.75) is 12.5 Å². The summed E-state index contributed by atoms with van der Waals surface area (Å²) in [5, 5.41) is 0. The second-order valence-corrected chi connectivity index (χ2v) is 4.74. The van der Waals surface area contributed by atoms with Crippen LogP contribution in [-0.2, 0) is 0 Å². The summed E-state index contributed by atoms with van der Waals surface area (Å²) >= 11 is 0. The van der Waals surface area contributed by atoms with Gasteiger partial charge in [0.2, 0.25) is 0 Å². The van der Waals surface area contributed by atoms with Gasteiger partial charge < -0.3 is 4.74 Å². The van der Waals surface area contributed by atoms with Crippen LogP contribution in [0.25, 0.3) is 6.08 Å². The molecule has 2 aromatic carbocycles. The SMILES string of the molecule is O=C(/C=C/c1cccc(OC(F)(F)C(F)F)c1)c1ccc(F)cc1. The number of benzene rings is 2. The molecule has 0 saturated carbocycles. The number of carbonyl (C=O) groups excluding carboxylic acids is 1. The highest BCUT2D eigenvalue weighted by Crippen LogP contribution is 2.28. The number of ether oxygens (including phenoxy) is 1. The molecule has 2 rings (SSSR count). The predicted molar refractivity (Wildman–Crippen MR) is 77.8 cm³/mol. The lowest BCUT2D eigenvalue weighted by molar-refractivity contribution is -0.253. The van der Waals surface area contributed by atoms with Gasteiger partial charge in [0, 0.05) is 5.56 Å². The zero-order chi connectivity index (χ0) is 17.7. The highest BCUT2D eigenvalue weighted by Gasteiger charge is 2.43. The largest absolute Gasteiger partial charge is 0.461 e. The van der Waals surface area contributed by atoms with Gasteiger partial charge in [-0.05, 0) is 48.0 Å². The van der Waals surface area contributed by atoms with Crippen LogP contribution in [0.5, 0.6) is 5.75 Å². The monoisotopic (exact) mass is 342 g/mol. The molecule has 0 heterocycles. The number of halogens is 5. The molecule has 0 unspecified atom stereocenters. The zero-order valence-corrected chi connectivity index (χ0v) is 12.1. The van der Waals surface area contributed by atoms with Crippen LogP contribution in [-0.4, -0.2) is 18.3 Å². The van der Waals surface area contributed by atoms with E-state index in [1.807, 2.05) is 0 Å². The Morgan fingerprint density at radius 2 is 1.75 bits per heavy atom. The summed E-state index contributed by atoms with van der Waals surface area (Å²) < 4.78 is 66.7. The molecule has 0 fully saturated rings. The Balaban J connectivity index is 2.11. The predicted octanol–water partition coefficient (Wildman–Crippen LogP) is 4.96. The summed E-state index contributed by atoms with van der Waals surface area (Å²) in [7, 11) is 0. The van der Waals surface area contributed by atoms with Crippen LogP contribution < -0.4 is 4.74 Å². The molecule has 0 saturated heterocycles. The zero-order valence-electron chi connectivity index (χ0n) is 12.1. The highest BCUT2D eigenvalue weighted by atomic mass is 19.3. The Kier molecular flexibility index (Phi) is 5.33. The van der Waals surface area contributed by atoms with Gasteiger partial charge in [0.05, 0.1) is 0 Å². The molecule has 0 spiro atoms. The minimum atomic E-state index is -4.60. The molecule has 0 aliphatic carbocycles. The molecule has 0 aliphatic heterocycles. The third-order valence-electron chi connectivity index (χ3n) is 2.92. The van der Waals surface area contributed by atoms with E-state index in [0.29, 0.717) is 5.56 Å². The molecular weight excluding hydrogens is 331 g/mol. The first-order valence-corrected chi connectivity index (χ1v) is 6.71. The molecule has 24 heavy (non-hydrogen) atoms. The van der Waals surface area contributed by atoms with Crippen molar-refractivity contribution in [3.63, 3.8) is 0 Å². The number of hydrogen-bond donors (Lipinski definition) is 0. The summed E-state index contributed by atoms with van der Waals surface area (Å²) in [6.45, 7) is 0. The molecule has 2 nitrogen and oxygen atoms in total. The van der Waals surface area contributed by atoms with Crippen LogP contribution in [0.4, 0.5) is 22.0 Å². The van der Waals surface area contributed by atoms with Crippen molar-refractivity contribution in [1.82, 2.24) is 0 Å². The lowest BCUT2D eigenvalue weighted by Crippen LogP contribution is -2.33.